The fraction of sp³-hybridized carbons (Fsp3) is 0.467. The number of benzene rings is 1. The second kappa shape index (κ2) is 6.05. The summed E-state index contributed by atoms with van der Waals surface area (Å²) < 4.78 is 10.6. The third kappa shape index (κ3) is 3.17. The van der Waals surface area contributed by atoms with E-state index in [0.29, 0.717) is 17.6 Å². The van der Waals surface area contributed by atoms with Gasteiger partial charge >= 0.3 is 0 Å². The van der Waals surface area contributed by atoms with Crippen LogP contribution in [0.2, 0.25) is 0 Å². The second-order valence-electron chi connectivity index (χ2n) is 5.40. The van der Waals surface area contributed by atoms with Crippen LogP contribution in [0.25, 0.3) is 11.4 Å². The highest BCUT2D eigenvalue weighted by atomic mass is 16.5. The van der Waals surface area contributed by atoms with Crippen molar-refractivity contribution in [3.63, 3.8) is 0 Å². The Bertz CT molecular complexity index is 578. The molecule has 5 nitrogen and oxygen atoms in total. The molecule has 2 rings (SSSR count). The summed E-state index contributed by atoms with van der Waals surface area (Å²) in [5.74, 6) is 2.19. The van der Waals surface area contributed by atoms with Crippen molar-refractivity contribution in [2.24, 2.45) is 11.7 Å². The predicted molar refractivity (Wildman–Crippen MR) is 77.4 cm³/mol. The number of methoxy groups -OCH3 is 1. The summed E-state index contributed by atoms with van der Waals surface area (Å²) in [7, 11) is 1.63. The van der Waals surface area contributed by atoms with E-state index in [0.717, 1.165) is 23.3 Å². The van der Waals surface area contributed by atoms with Crippen LogP contribution in [0.1, 0.15) is 37.8 Å². The lowest BCUT2D eigenvalue weighted by Gasteiger charge is -2.08. The first-order valence-electron chi connectivity index (χ1n) is 6.75. The van der Waals surface area contributed by atoms with Crippen molar-refractivity contribution >= 4 is 0 Å². The van der Waals surface area contributed by atoms with Gasteiger partial charge < -0.3 is 15.0 Å². The van der Waals surface area contributed by atoms with E-state index < -0.39 is 0 Å². The number of nitrogens with zero attached hydrogens (tertiary/aromatic N) is 2. The van der Waals surface area contributed by atoms with Crippen molar-refractivity contribution in [3.05, 3.63) is 29.7 Å². The van der Waals surface area contributed by atoms with Crippen LogP contribution in [0.15, 0.2) is 22.7 Å². The van der Waals surface area contributed by atoms with Gasteiger partial charge in [0.25, 0.3) is 0 Å². The average Bonchev–Trinajstić information content (AvgIpc) is 2.87. The smallest absolute Gasteiger partial charge is 0.243 e. The highest BCUT2D eigenvalue weighted by molar-refractivity contribution is 5.64. The highest BCUT2D eigenvalue weighted by Gasteiger charge is 2.18. The molecule has 1 atom stereocenters. The summed E-state index contributed by atoms with van der Waals surface area (Å²) in [4.78, 5) is 4.39. The van der Waals surface area contributed by atoms with Crippen molar-refractivity contribution in [3.8, 4) is 17.1 Å². The number of aryl methyl sites for hydroxylation is 1. The molecule has 1 heterocycles. The van der Waals surface area contributed by atoms with Crippen LogP contribution >= 0.6 is 0 Å². The largest absolute Gasteiger partial charge is 0.496 e. The molecular formula is C15H21N3O2. The van der Waals surface area contributed by atoms with Crippen molar-refractivity contribution in [1.29, 1.82) is 0 Å². The molecule has 0 bridgehead atoms. The van der Waals surface area contributed by atoms with Gasteiger partial charge in [0.1, 0.15) is 5.75 Å². The van der Waals surface area contributed by atoms with E-state index in [4.69, 9.17) is 15.0 Å². The van der Waals surface area contributed by atoms with Gasteiger partial charge in [-0.3, -0.25) is 0 Å². The molecule has 1 aromatic carbocycles. The minimum atomic E-state index is -0.229. The van der Waals surface area contributed by atoms with E-state index in [1.807, 2.05) is 25.1 Å². The molecule has 2 aromatic rings. The minimum Gasteiger partial charge on any atom is -0.496 e. The minimum absolute atomic E-state index is 0.229. The first-order chi connectivity index (χ1) is 9.51. The lowest BCUT2D eigenvalue weighted by molar-refractivity contribution is 0.335. The Morgan fingerprint density at radius 2 is 2.10 bits per heavy atom. The van der Waals surface area contributed by atoms with Gasteiger partial charge in [-0.05, 0) is 37.0 Å². The van der Waals surface area contributed by atoms with Crippen molar-refractivity contribution in [2.45, 2.75) is 33.2 Å². The lowest BCUT2D eigenvalue weighted by atomic mass is 10.0. The highest BCUT2D eigenvalue weighted by Crippen LogP contribution is 2.29. The van der Waals surface area contributed by atoms with Gasteiger partial charge in [-0.25, -0.2) is 0 Å². The van der Waals surface area contributed by atoms with Crippen molar-refractivity contribution in [2.75, 3.05) is 7.11 Å². The molecule has 20 heavy (non-hydrogen) atoms. The van der Waals surface area contributed by atoms with Crippen LogP contribution < -0.4 is 10.5 Å². The Morgan fingerprint density at radius 3 is 2.75 bits per heavy atom. The molecule has 0 amide bonds. The number of rotatable bonds is 5. The topological polar surface area (TPSA) is 74.2 Å². The third-order valence-electron chi connectivity index (χ3n) is 3.08. The maximum Gasteiger partial charge on any atom is 0.243 e. The molecule has 0 saturated carbocycles. The summed E-state index contributed by atoms with van der Waals surface area (Å²) in [6, 6.07) is 5.63. The van der Waals surface area contributed by atoms with Gasteiger partial charge in [0.05, 0.1) is 18.7 Å². The molecule has 0 unspecified atom stereocenters. The summed E-state index contributed by atoms with van der Waals surface area (Å²) >= 11 is 0. The number of hydrogen-bond acceptors (Lipinski definition) is 5. The number of ether oxygens (including phenoxy) is 1. The lowest BCUT2D eigenvalue weighted by Crippen LogP contribution is -2.13. The number of nitrogens with two attached hydrogens (primary N) is 1. The zero-order valence-electron chi connectivity index (χ0n) is 12.4. The monoisotopic (exact) mass is 275 g/mol. The summed E-state index contributed by atoms with van der Waals surface area (Å²) in [5.41, 5.74) is 7.98. The Balaban J connectivity index is 2.29. The SMILES string of the molecule is COc1cc(C)ccc1-c1noc([C@H](N)CC(C)C)n1. The van der Waals surface area contributed by atoms with Crippen LogP contribution in [0.5, 0.6) is 5.75 Å². The normalized spacial score (nSPS) is 12.7. The maximum absolute atomic E-state index is 6.05. The van der Waals surface area contributed by atoms with Crippen LogP contribution in [-0.4, -0.2) is 17.3 Å². The van der Waals surface area contributed by atoms with Crippen LogP contribution in [0.3, 0.4) is 0 Å². The van der Waals surface area contributed by atoms with Crippen LogP contribution in [-0.2, 0) is 0 Å². The fourth-order valence-corrected chi connectivity index (χ4v) is 2.09. The Labute approximate surface area is 119 Å². The second-order valence-corrected chi connectivity index (χ2v) is 5.40. The standard InChI is InChI=1S/C15H21N3O2/c1-9(2)7-12(16)15-17-14(18-20-15)11-6-5-10(3)8-13(11)19-4/h5-6,8-9,12H,7,16H2,1-4H3/t12-/m1/s1. The van der Waals surface area contributed by atoms with Gasteiger partial charge in [-0.2, -0.15) is 4.98 Å². The van der Waals surface area contributed by atoms with E-state index >= 15 is 0 Å². The average molecular weight is 275 g/mol. The Morgan fingerprint density at radius 1 is 1.35 bits per heavy atom. The van der Waals surface area contributed by atoms with Gasteiger partial charge in [0, 0.05) is 0 Å². The molecular weight excluding hydrogens is 254 g/mol. The van der Waals surface area contributed by atoms with E-state index in [2.05, 4.69) is 24.0 Å². The van der Waals surface area contributed by atoms with Gasteiger partial charge in [-0.15, -0.1) is 0 Å². The fourth-order valence-electron chi connectivity index (χ4n) is 2.09. The van der Waals surface area contributed by atoms with E-state index in [-0.39, 0.29) is 6.04 Å². The predicted octanol–water partition coefficient (Wildman–Crippen LogP) is 3.10. The van der Waals surface area contributed by atoms with Crippen LogP contribution in [0.4, 0.5) is 0 Å². The first kappa shape index (κ1) is 14.5. The third-order valence-corrected chi connectivity index (χ3v) is 3.08. The zero-order chi connectivity index (χ0) is 14.7. The summed E-state index contributed by atoms with van der Waals surface area (Å²) in [5, 5.41) is 4.01. The molecule has 0 aliphatic rings. The molecule has 0 radical (unpaired) electrons. The molecule has 0 saturated heterocycles. The van der Waals surface area contributed by atoms with Crippen LogP contribution in [0, 0.1) is 12.8 Å². The van der Waals surface area contributed by atoms with Gasteiger partial charge in [0.15, 0.2) is 0 Å². The summed E-state index contributed by atoms with van der Waals surface area (Å²) in [6.07, 6.45) is 0.812. The molecule has 0 aliphatic heterocycles. The van der Waals surface area contributed by atoms with Crippen molar-refractivity contribution < 1.29 is 9.26 Å². The maximum atomic E-state index is 6.05. The van der Waals surface area contributed by atoms with E-state index in [1.54, 1.807) is 7.11 Å². The van der Waals surface area contributed by atoms with Crippen molar-refractivity contribution in [1.82, 2.24) is 10.1 Å². The molecule has 108 valence electrons. The molecule has 0 fully saturated rings. The molecule has 0 spiro atoms. The first-order valence-corrected chi connectivity index (χ1v) is 6.75. The van der Waals surface area contributed by atoms with Gasteiger partial charge in [0.2, 0.25) is 11.7 Å². The molecule has 5 heteroatoms. The zero-order valence-corrected chi connectivity index (χ0v) is 12.4. The number of hydrogen-bond donors (Lipinski definition) is 1. The Kier molecular flexibility index (Phi) is 4.39. The molecule has 0 aliphatic carbocycles. The molecule has 1 aromatic heterocycles. The van der Waals surface area contributed by atoms with E-state index in [9.17, 15) is 0 Å². The quantitative estimate of drug-likeness (QED) is 0.907. The summed E-state index contributed by atoms with van der Waals surface area (Å²) in [6.45, 7) is 6.23. The van der Waals surface area contributed by atoms with Gasteiger partial charge in [-0.1, -0.05) is 25.1 Å². The Hall–Kier alpha value is -1.88. The van der Waals surface area contributed by atoms with E-state index in [1.165, 1.54) is 0 Å². The number of aromatic nitrogens is 2. The molecule has 2 N–H and O–H groups in total.